The Morgan fingerprint density at radius 3 is 2.55 bits per heavy atom. The molecule has 0 atom stereocenters. The van der Waals surface area contributed by atoms with Gasteiger partial charge in [0.05, 0.1) is 0 Å². The largest absolute Gasteiger partial charge is 0.351 e. The first kappa shape index (κ1) is 20.8. The van der Waals surface area contributed by atoms with Crippen molar-refractivity contribution >= 4 is 5.91 Å². The molecule has 3 rings (SSSR count). The van der Waals surface area contributed by atoms with Crippen molar-refractivity contribution in [3.05, 3.63) is 81.4 Å². The van der Waals surface area contributed by atoms with Crippen LogP contribution in [-0.2, 0) is 17.9 Å². The summed E-state index contributed by atoms with van der Waals surface area (Å²) in [6, 6.07) is 17.3. The topological polar surface area (TPSA) is 84.7 Å². The number of piperidine rings is 1. The number of likely N-dealkylation sites (tertiary alicyclic amines) is 1. The number of rotatable bonds is 9. The standard InChI is InChI=1S/C22H27N3O4/c26-22(21-8-4-7-20(16-21)17-29-25(27)28)23-11-14-24-12-9-19(10-13-24)15-18-5-2-1-3-6-18/h1-8,16,19H,9-15,17H2,(H,23,26). The number of nitrogens with zero attached hydrogens (tertiary/aromatic N) is 2. The smallest absolute Gasteiger partial charge is 0.294 e. The third kappa shape index (κ3) is 6.87. The Labute approximate surface area is 170 Å². The molecule has 154 valence electrons. The molecule has 1 fully saturated rings. The van der Waals surface area contributed by atoms with Crippen molar-refractivity contribution in [1.29, 1.82) is 0 Å². The van der Waals surface area contributed by atoms with Crippen molar-refractivity contribution in [3.8, 4) is 0 Å². The number of nitrogens with one attached hydrogen (secondary N) is 1. The Morgan fingerprint density at radius 2 is 1.83 bits per heavy atom. The van der Waals surface area contributed by atoms with Gasteiger partial charge in [-0.3, -0.25) is 4.79 Å². The molecule has 2 aromatic carbocycles. The summed E-state index contributed by atoms with van der Waals surface area (Å²) < 4.78 is 0. The summed E-state index contributed by atoms with van der Waals surface area (Å²) >= 11 is 0. The van der Waals surface area contributed by atoms with E-state index in [1.54, 1.807) is 24.3 Å². The highest BCUT2D eigenvalue weighted by Crippen LogP contribution is 2.21. The first-order valence-electron chi connectivity index (χ1n) is 10.0. The molecular formula is C22H27N3O4. The highest BCUT2D eigenvalue weighted by Gasteiger charge is 2.19. The number of benzene rings is 2. The quantitative estimate of drug-likeness (QED) is 0.519. The van der Waals surface area contributed by atoms with Gasteiger partial charge in [-0.2, -0.15) is 0 Å². The van der Waals surface area contributed by atoms with Gasteiger partial charge >= 0.3 is 0 Å². The van der Waals surface area contributed by atoms with Crippen LogP contribution in [0, 0.1) is 16.0 Å². The van der Waals surface area contributed by atoms with E-state index in [9.17, 15) is 14.9 Å². The minimum atomic E-state index is -0.838. The Kier molecular flexibility index (Phi) is 7.58. The third-order valence-electron chi connectivity index (χ3n) is 5.31. The molecular weight excluding hydrogens is 370 g/mol. The molecule has 0 unspecified atom stereocenters. The Balaban J connectivity index is 1.36. The number of amides is 1. The lowest BCUT2D eigenvalue weighted by atomic mass is 9.90. The summed E-state index contributed by atoms with van der Waals surface area (Å²) in [6.45, 7) is 3.36. The van der Waals surface area contributed by atoms with E-state index < -0.39 is 5.09 Å². The summed E-state index contributed by atoms with van der Waals surface area (Å²) in [5.41, 5.74) is 2.48. The second-order valence-corrected chi connectivity index (χ2v) is 7.43. The van der Waals surface area contributed by atoms with E-state index in [0.29, 0.717) is 17.7 Å². The molecule has 1 amide bonds. The lowest BCUT2D eigenvalue weighted by Crippen LogP contribution is -2.40. The maximum absolute atomic E-state index is 12.3. The van der Waals surface area contributed by atoms with Gasteiger partial charge in [0.25, 0.3) is 11.0 Å². The molecule has 2 aromatic rings. The van der Waals surface area contributed by atoms with Gasteiger partial charge in [0.2, 0.25) is 0 Å². The Hall–Kier alpha value is -2.93. The van der Waals surface area contributed by atoms with Crippen LogP contribution in [0.2, 0.25) is 0 Å². The number of hydrogen-bond acceptors (Lipinski definition) is 5. The molecule has 1 aliphatic heterocycles. The summed E-state index contributed by atoms with van der Waals surface area (Å²) in [7, 11) is 0. The van der Waals surface area contributed by atoms with Gasteiger partial charge < -0.3 is 15.1 Å². The molecule has 0 aliphatic carbocycles. The van der Waals surface area contributed by atoms with Crippen molar-refractivity contribution in [2.24, 2.45) is 5.92 Å². The SMILES string of the molecule is O=C(NCCN1CCC(Cc2ccccc2)CC1)c1cccc(CO[N+](=O)[O-])c1. The van der Waals surface area contributed by atoms with E-state index in [2.05, 4.69) is 45.4 Å². The Morgan fingerprint density at radius 1 is 1.10 bits per heavy atom. The van der Waals surface area contributed by atoms with Crippen molar-refractivity contribution in [1.82, 2.24) is 10.2 Å². The molecule has 0 bridgehead atoms. The highest BCUT2D eigenvalue weighted by atomic mass is 16.9. The number of hydrogen-bond donors (Lipinski definition) is 1. The first-order valence-corrected chi connectivity index (χ1v) is 10.0. The van der Waals surface area contributed by atoms with Crippen LogP contribution in [0.15, 0.2) is 54.6 Å². The fourth-order valence-corrected chi connectivity index (χ4v) is 3.72. The summed E-state index contributed by atoms with van der Waals surface area (Å²) in [6.07, 6.45) is 3.50. The van der Waals surface area contributed by atoms with E-state index >= 15 is 0 Å². The van der Waals surface area contributed by atoms with E-state index in [1.807, 2.05) is 0 Å². The first-order chi connectivity index (χ1) is 14.1. The van der Waals surface area contributed by atoms with Crippen molar-refractivity contribution < 1.29 is 14.7 Å². The van der Waals surface area contributed by atoms with Gasteiger partial charge in [0, 0.05) is 18.7 Å². The second kappa shape index (κ2) is 10.6. The molecule has 1 aliphatic rings. The molecule has 0 aromatic heterocycles. The van der Waals surface area contributed by atoms with Gasteiger partial charge in [-0.25, -0.2) is 0 Å². The van der Waals surface area contributed by atoms with E-state index in [4.69, 9.17) is 0 Å². The van der Waals surface area contributed by atoms with Crippen LogP contribution in [-0.4, -0.2) is 42.1 Å². The molecule has 1 saturated heterocycles. The predicted octanol–water partition coefficient (Wildman–Crippen LogP) is 3.08. The van der Waals surface area contributed by atoms with Gasteiger partial charge in [-0.1, -0.05) is 42.5 Å². The summed E-state index contributed by atoms with van der Waals surface area (Å²) in [5.74, 6) is 0.555. The molecule has 1 N–H and O–H groups in total. The van der Waals surface area contributed by atoms with Crippen molar-refractivity contribution in [2.75, 3.05) is 26.2 Å². The minimum absolute atomic E-state index is 0.161. The molecule has 7 nitrogen and oxygen atoms in total. The van der Waals surface area contributed by atoms with Gasteiger partial charge in [-0.05, 0) is 61.5 Å². The van der Waals surface area contributed by atoms with Crippen LogP contribution in [0.3, 0.4) is 0 Å². The molecule has 0 saturated carbocycles. The van der Waals surface area contributed by atoms with Crippen LogP contribution >= 0.6 is 0 Å². The average molecular weight is 397 g/mol. The zero-order chi connectivity index (χ0) is 20.5. The zero-order valence-corrected chi connectivity index (χ0v) is 16.5. The lowest BCUT2D eigenvalue weighted by molar-refractivity contribution is -0.763. The van der Waals surface area contributed by atoms with Crippen LogP contribution in [0.5, 0.6) is 0 Å². The average Bonchev–Trinajstić information content (AvgIpc) is 2.74. The minimum Gasteiger partial charge on any atom is -0.351 e. The van der Waals surface area contributed by atoms with E-state index in [0.717, 1.165) is 32.0 Å². The molecule has 7 heteroatoms. The Bertz CT molecular complexity index is 805. The van der Waals surface area contributed by atoms with Crippen LogP contribution in [0.4, 0.5) is 0 Å². The van der Waals surface area contributed by atoms with Crippen LogP contribution in [0.25, 0.3) is 0 Å². The normalized spacial score (nSPS) is 15.0. The van der Waals surface area contributed by atoms with Crippen LogP contribution in [0.1, 0.15) is 34.3 Å². The lowest BCUT2D eigenvalue weighted by Gasteiger charge is -2.32. The highest BCUT2D eigenvalue weighted by molar-refractivity contribution is 5.94. The molecule has 0 radical (unpaired) electrons. The maximum Gasteiger partial charge on any atom is 0.294 e. The van der Waals surface area contributed by atoms with Gasteiger partial charge in [0.1, 0.15) is 6.61 Å². The van der Waals surface area contributed by atoms with Crippen LogP contribution < -0.4 is 5.32 Å². The van der Waals surface area contributed by atoms with Crippen molar-refractivity contribution in [3.63, 3.8) is 0 Å². The maximum atomic E-state index is 12.3. The van der Waals surface area contributed by atoms with E-state index in [-0.39, 0.29) is 12.5 Å². The van der Waals surface area contributed by atoms with E-state index in [1.165, 1.54) is 18.4 Å². The summed E-state index contributed by atoms with van der Waals surface area (Å²) in [5, 5.41) is 12.4. The third-order valence-corrected chi connectivity index (χ3v) is 5.31. The predicted molar refractivity (Wildman–Crippen MR) is 110 cm³/mol. The summed E-state index contributed by atoms with van der Waals surface area (Å²) in [4.78, 5) is 29.4. The molecule has 29 heavy (non-hydrogen) atoms. The fraction of sp³-hybridized carbons (Fsp3) is 0.409. The second-order valence-electron chi connectivity index (χ2n) is 7.43. The zero-order valence-electron chi connectivity index (χ0n) is 16.5. The number of carbonyl (C=O) groups excluding carboxylic acids is 1. The van der Waals surface area contributed by atoms with Crippen molar-refractivity contribution in [2.45, 2.75) is 25.9 Å². The fourth-order valence-electron chi connectivity index (χ4n) is 3.72. The monoisotopic (exact) mass is 397 g/mol. The molecule has 0 spiro atoms. The molecule has 1 heterocycles. The number of carbonyl (C=O) groups is 1. The van der Waals surface area contributed by atoms with Gasteiger partial charge in [0.15, 0.2) is 0 Å². The van der Waals surface area contributed by atoms with Gasteiger partial charge in [-0.15, -0.1) is 10.1 Å².